The minimum atomic E-state index is -3.77. The Hall–Kier alpha value is -2.29. The zero-order valence-electron chi connectivity index (χ0n) is 17.3. The number of benzene rings is 2. The first kappa shape index (κ1) is 21.9. The van der Waals surface area contributed by atoms with Crippen molar-refractivity contribution in [3.8, 4) is 11.5 Å². The van der Waals surface area contributed by atoms with Crippen LogP contribution in [0.3, 0.4) is 0 Å². The van der Waals surface area contributed by atoms with E-state index >= 15 is 0 Å². The van der Waals surface area contributed by atoms with Gasteiger partial charge in [0.1, 0.15) is 4.90 Å². The molecule has 0 saturated carbocycles. The van der Waals surface area contributed by atoms with E-state index in [-0.39, 0.29) is 34.2 Å². The van der Waals surface area contributed by atoms with Crippen LogP contribution >= 0.6 is 11.6 Å². The van der Waals surface area contributed by atoms with Crippen molar-refractivity contribution in [3.05, 3.63) is 52.5 Å². The molecule has 0 radical (unpaired) electrons. The second-order valence-corrected chi connectivity index (χ2v) is 10.1. The third kappa shape index (κ3) is 4.66. The Morgan fingerprint density at radius 1 is 1.03 bits per heavy atom. The molecular formula is C22H25ClN2O5S. The molecule has 166 valence electrons. The molecule has 4 rings (SSSR count). The zero-order valence-corrected chi connectivity index (χ0v) is 18.8. The Kier molecular flexibility index (Phi) is 6.41. The minimum absolute atomic E-state index is 0.0283. The van der Waals surface area contributed by atoms with E-state index < -0.39 is 10.0 Å². The van der Waals surface area contributed by atoms with E-state index in [2.05, 4.69) is 5.32 Å². The highest BCUT2D eigenvalue weighted by Crippen LogP contribution is 2.34. The summed E-state index contributed by atoms with van der Waals surface area (Å²) in [6.45, 7) is 2.96. The van der Waals surface area contributed by atoms with Gasteiger partial charge in [-0.25, -0.2) is 8.42 Å². The second kappa shape index (κ2) is 9.06. The summed E-state index contributed by atoms with van der Waals surface area (Å²) in [7, 11) is -3.77. The predicted molar refractivity (Wildman–Crippen MR) is 117 cm³/mol. The number of halogens is 1. The van der Waals surface area contributed by atoms with Gasteiger partial charge in [-0.05, 0) is 55.7 Å². The van der Waals surface area contributed by atoms with Crippen LogP contribution < -0.4 is 14.8 Å². The normalized spacial score (nSPS) is 17.7. The van der Waals surface area contributed by atoms with Gasteiger partial charge < -0.3 is 14.8 Å². The maximum Gasteiger partial charge on any atom is 0.251 e. The van der Waals surface area contributed by atoms with Gasteiger partial charge in [0, 0.05) is 18.7 Å². The first-order valence-electron chi connectivity index (χ1n) is 10.4. The van der Waals surface area contributed by atoms with Gasteiger partial charge in [0.15, 0.2) is 11.5 Å². The number of carbonyl (C=O) groups is 1. The lowest BCUT2D eigenvalue weighted by atomic mass is 10.1. The van der Waals surface area contributed by atoms with Gasteiger partial charge in [-0.1, -0.05) is 30.5 Å². The molecule has 2 aliphatic rings. The first-order valence-corrected chi connectivity index (χ1v) is 12.2. The fourth-order valence-electron chi connectivity index (χ4n) is 3.81. The van der Waals surface area contributed by atoms with Gasteiger partial charge in [-0.15, -0.1) is 0 Å². The van der Waals surface area contributed by atoms with E-state index in [1.807, 2.05) is 19.1 Å². The number of nitrogens with zero attached hydrogens (tertiary/aromatic N) is 1. The van der Waals surface area contributed by atoms with Crippen molar-refractivity contribution in [3.63, 3.8) is 0 Å². The highest BCUT2D eigenvalue weighted by Gasteiger charge is 2.28. The number of amides is 1. The second-order valence-electron chi connectivity index (χ2n) is 7.77. The highest BCUT2D eigenvalue weighted by molar-refractivity contribution is 7.89. The molecule has 0 aromatic heterocycles. The first-order chi connectivity index (χ1) is 14.9. The molecule has 1 fully saturated rings. The average Bonchev–Trinajstić information content (AvgIpc) is 3.04. The van der Waals surface area contributed by atoms with Gasteiger partial charge >= 0.3 is 0 Å². The van der Waals surface area contributed by atoms with Gasteiger partial charge in [-0.2, -0.15) is 4.31 Å². The largest absolute Gasteiger partial charge is 0.454 e. The Bertz CT molecular complexity index is 1080. The molecule has 31 heavy (non-hydrogen) atoms. The molecule has 0 aliphatic carbocycles. The lowest BCUT2D eigenvalue weighted by Crippen LogP contribution is -2.32. The van der Waals surface area contributed by atoms with Crippen LogP contribution in [-0.4, -0.2) is 38.5 Å². The van der Waals surface area contributed by atoms with Crippen LogP contribution in [0.15, 0.2) is 41.3 Å². The molecule has 2 aromatic carbocycles. The maximum absolute atomic E-state index is 13.2. The van der Waals surface area contributed by atoms with Crippen LogP contribution in [0.4, 0.5) is 0 Å². The fourth-order valence-corrected chi connectivity index (χ4v) is 5.83. The standard InChI is InChI=1S/C22H25ClN2O5S/c1-15(16-7-9-19-20(12-16)30-14-29-19)24-22(26)17-6-8-18(23)21(13-17)31(27,28)25-10-4-2-3-5-11-25/h6-9,12-13,15H,2-5,10-11,14H2,1H3,(H,24,26). The minimum Gasteiger partial charge on any atom is -0.454 e. The monoisotopic (exact) mass is 464 g/mol. The molecule has 2 aromatic rings. The van der Waals surface area contributed by atoms with Crippen molar-refractivity contribution in [2.45, 2.75) is 43.5 Å². The molecule has 0 bridgehead atoms. The molecule has 1 N–H and O–H groups in total. The van der Waals surface area contributed by atoms with E-state index in [0.717, 1.165) is 31.2 Å². The Labute approximate surface area is 187 Å². The maximum atomic E-state index is 13.2. The molecule has 0 spiro atoms. The quantitative estimate of drug-likeness (QED) is 0.719. The number of hydrogen-bond donors (Lipinski definition) is 1. The Morgan fingerprint density at radius 3 is 2.48 bits per heavy atom. The molecule has 1 unspecified atom stereocenters. The SMILES string of the molecule is CC(NC(=O)c1ccc(Cl)c(S(=O)(=O)N2CCCCCC2)c1)c1ccc2c(c1)OCO2. The van der Waals surface area contributed by atoms with Crippen molar-refractivity contribution in [2.75, 3.05) is 19.9 Å². The zero-order chi connectivity index (χ0) is 22.0. The van der Waals surface area contributed by atoms with Crippen molar-refractivity contribution in [2.24, 2.45) is 0 Å². The number of nitrogens with one attached hydrogen (secondary N) is 1. The van der Waals surface area contributed by atoms with Crippen LogP contribution in [0.25, 0.3) is 0 Å². The van der Waals surface area contributed by atoms with Crippen LogP contribution in [0.2, 0.25) is 5.02 Å². The molecule has 1 amide bonds. The summed E-state index contributed by atoms with van der Waals surface area (Å²) in [4.78, 5) is 12.8. The summed E-state index contributed by atoms with van der Waals surface area (Å²) < 4.78 is 38.5. The van der Waals surface area contributed by atoms with Crippen LogP contribution in [0.1, 0.15) is 54.6 Å². The van der Waals surface area contributed by atoms with Crippen molar-refractivity contribution in [1.29, 1.82) is 0 Å². The van der Waals surface area contributed by atoms with Crippen LogP contribution in [0, 0.1) is 0 Å². The summed E-state index contributed by atoms with van der Waals surface area (Å²) in [6.07, 6.45) is 3.67. The lowest BCUT2D eigenvalue weighted by Gasteiger charge is -2.21. The third-order valence-electron chi connectivity index (χ3n) is 5.62. The number of carbonyl (C=O) groups excluding carboxylic acids is 1. The van der Waals surface area contributed by atoms with Gasteiger partial charge in [-0.3, -0.25) is 4.79 Å². The summed E-state index contributed by atoms with van der Waals surface area (Å²) in [5.41, 5.74) is 1.09. The molecule has 7 nitrogen and oxygen atoms in total. The van der Waals surface area contributed by atoms with E-state index in [0.29, 0.717) is 24.6 Å². The van der Waals surface area contributed by atoms with Gasteiger partial charge in [0.25, 0.3) is 5.91 Å². The molecule has 9 heteroatoms. The Morgan fingerprint density at radius 2 is 1.74 bits per heavy atom. The van der Waals surface area contributed by atoms with Crippen LogP contribution in [-0.2, 0) is 10.0 Å². The lowest BCUT2D eigenvalue weighted by molar-refractivity contribution is 0.0939. The molecular weight excluding hydrogens is 440 g/mol. The van der Waals surface area contributed by atoms with Gasteiger partial charge in [0.05, 0.1) is 11.1 Å². The smallest absolute Gasteiger partial charge is 0.251 e. The number of fused-ring (bicyclic) bond motifs is 1. The molecule has 1 saturated heterocycles. The summed E-state index contributed by atoms with van der Waals surface area (Å²) in [6, 6.07) is 9.53. The highest BCUT2D eigenvalue weighted by atomic mass is 35.5. The number of rotatable bonds is 5. The van der Waals surface area contributed by atoms with E-state index in [1.54, 1.807) is 6.07 Å². The van der Waals surface area contributed by atoms with E-state index in [1.165, 1.54) is 22.5 Å². The van der Waals surface area contributed by atoms with Crippen molar-refractivity contribution < 1.29 is 22.7 Å². The average molecular weight is 465 g/mol. The van der Waals surface area contributed by atoms with Crippen molar-refractivity contribution >= 4 is 27.5 Å². The topological polar surface area (TPSA) is 84.9 Å². The van der Waals surface area contributed by atoms with E-state index in [4.69, 9.17) is 21.1 Å². The summed E-state index contributed by atoms with van der Waals surface area (Å²) in [5, 5.41) is 3.02. The molecule has 2 aliphatic heterocycles. The third-order valence-corrected chi connectivity index (χ3v) is 8.00. The van der Waals surface area contributed by atoms with Crippen LogP contribution in [0.5, 0.6) is 11.5 Å². The predicted octanol–water partition coefficient (Wildman–Crippen LogP) is 4.12. The molecule has 2 heterocycles. The number of sulfonamides is 1. The number of ether oxygens (including phenoxy) is 2. The molecule has 1 atom stereocenters. The summed E-state index contributed by atoms with van der Waals surface area (Å²) in [5.74, 6) is 0.924. The Balaban J connectivity index is 1.54. The van der Waals surface area contributed by atoms with E-state index in [9.17, 15) is 13.2 Å². The van der Waals surface area contributed by atoms with Gasteiger partial charge in [0.2, 0.25) is 16.8 Å². The fraction of sp³-hybridized carbons (Fsp3) is 0.409. The summed E-state index contributed by atoms with van der Waals surface area (Å²) >= 11 is 6.24. The number of hydrogen-bond acceptors (Lipinski definition) is 5. The van der Waals surface area contributed by atoms with Crippen molar-refractivity contribution in [1.82, 2.24) is 9.62 Å².